The van der Waals surface area contributed by atoms with Crippen LogP contribution in [0.5, 0.6) is 17.2 Å². The number of fused-ring (bicyclic) bond motifs is 1. The van der Waals surface area contributed by atoms with Gasteiger partial charge in [-0.2, -0.15) is 5.26 Å². The van der Waals surface area contributed by atoms with Gasteiger partial charge in [0.1, 0.15) is 0 Å². The highest BCUT2D eigenvalue weighted by Crippen LogP contribution is 2.42. The predicted molar refractivity (Wildman–Crippen MR) is 73.5 cm³/mol. The Balaban J connectivity index is 2.86. The van der Waals surface area contributed by atoms with Crippen LogP contribution in [0.1, 0.15) is 5.56 Å². The molecule has 1 N–H and O–H groups in total. The van der Waals surface area contributed by atoms with E-state index in [-0.39, 0.29) is 12.0 Å². The smallest absolute Gasteiger partial charge is 0.252 e. The summed E-state index contributed by atoms with van der Waals surface area (Å²) in [6, 6.07) is 5.26. The topological polar surface area (TPSA) is 84.3 Å². The number of H-pyrrole nitrogens is 1. The standard InChI is InChI=1S/C14H14N2O4/c1-18-11-7-10-9(12(19-2)13(11)20-3)6-8(4-5-15)14(17)16-10/h6-7H,4H2,1-3H3,(H,16,17). The lowest BCUT2D eigenvalue weighted by atomic mass is 10.1. The van der Waals surface area contributed by atoms with Gasteiger partial charge >= 0.3 is 0 Å². The molecule has 104 valence electrons. The highest BCUT2D eigenvalue weighted by molar-refractivity contribution is 5.90. The number of ether oxygens (including phenoxy) is 3. The summed E-state index contributed by atoms with van der Waals surface area (Å²) < 4.78 is 15.9. The van der Waals surface area contributed by atoms with E-state index >= 15 is 0 Å². The number of nitrogens with one attached hydrogen (secondary N) is 1. The fraction of sp³-hybridized carbons (Fsp3) is 0.286. The van der Waals surface area contributed by atoms with Gasteiger partial charge in [-0.1, -0.05) is 0 Å². The molecule has 0 saturated carbocycles. The largest absolute Gasteiger partial charge is 0.493 e. The van der Waals surface area contributed by atoms with Crippen LogP contribution in [-0.4, -0.2) is 26.3 Å². The third-order valence-corrected chi connectivity index (χ3v) is 3.00. The van der Waals surface area contributed by atoms with Gasteiger partial charge in [-0.3, -0.25) is 4.79 Å². The third-order valence-electron chi connectivity index (χ3n) is 3.00. The molecule has 0 spiro atoms. The maximum atomic E-state index is 11.9. The maximum absolute atomic E-state index is 11.9. The Morgan fingerprint density at radius 2 is 1.85 bits per heavy atom. The molecule has 0 aliphatic rings. The number of rotatable bonds is 4. The summed E-state index contributed by atoms with van der Waals surface area (Å²) in [5, 5.41) is 9.41. The minimum absolute atomic E-state index is 0.0305. The van der Waals surface area contributed by atoms with E-state index in [1.165, 1.54) is 21.3 Å². The number of nitrogens with zero attached hydrogens (tertiary/aromatic N) is 1. The van der Waals surface area contributed by atoms with E-state index in [0.717, 1.165) is 0 Å². The Kier molecular flexibility index (Phi) is 3.80. The molecule has 0 saturated heterocycles. The monoisotopic (exact) mass is 274 g/mol. The summed E-state index contributed by atoms with van der Waals surface area (Å²) in [5.41, 5.74) is 0.644. The Morgan fingerprint density at radius 3 is 2.40 bits per heavy atom. The molecule has 2 aromatic rings. The van der Waals surface area contributed by atoms with Crippen molar-refractivity contribution in [1.82, 2.24) is 4.98 Å². The van der Waals surface area contributed by atoms with Gasteiger partial charge in [-0.25, -0.2) is 0 Å². The molecule has 1 aromatic carbocycles. The Morgan fingerprint density at radius 1 is 1.15 bits per heavy atom. The van der Waals surface area contributed by atoms with Gasteiger partial charge in [0.2, 0.25) is 5.75 Å². The Bertz CT molecular complexity index is 743. The minimum Gasteiger partial charge on any atom is -0.493 e. The lowest BCUT2D eigenvalue weighted by Crippen LogP contribution is -2.12. The first-order valence-electron chi connectivity index (χ1n) is 5.88. The molecule has 20 heavy (non-hydrogen) atoms. The third kappa shape index (κ3) is 2.14. The molecule has 0 radical (unpaired) electrons. The number of pyridine rings is 1. The van der Waals surface area contributed by atoms with Crippen LogP contribution in [0.15, 0.2) is 16.9 Å². The zero-order valence-electron chi connectivity index (χ0n) is 11.4. The van der Waals surface area contributed by atoms with Crippen LogP contribution < -0.4 is 19.8 Å². The van der Waals surface area contributed by atoms with Crippen LogP contribution in [0.4, 0.5) is 0 Å². The fourth-order valence-corrected chi connectivity index (χ4v) is 2.08. The average Bonchev–Trinajstić information content (AvgIpc) is 2.46. The molecule has 6 nitrogen and oxygen atoms in total. The lowest BCUT2D eigenvalue weighted by Gasteiger charge is -2.14. The van der Waals surface area contributed by atoms with Crippen LogP contribution >= 0.6 is 0 Å². The molecule has 0 aliphatic carbocycles. The first-order valence-corrected chi connectivity index (χ1v) is 5.88. The van der Waals surface area contributed by atoms with Gasteiger partial charge in [0, 0.05) is 17.0 Å². The van der Waals surface area contributed by atoms with Crippen molar-refractivity contribution in [2.75, 3.05) is 21.3 Å². The van der Waals surface area contributed by atoms with Crippen LogP contribution in [0.2, 0.25) is 0 Å². The highest BCUT2D eigenvalue weighted by Gasteiger charge is 2.17. The summed E-state index contributed by atoms with van der Waals surface area (Å²) in [5.74, 6) is 1.36. The number of benzene rings is 1. The molecular weight excluding hydrogens is 260 g/mol. The molecule has 1 heterocycles. The molecule has 0 amide bonds. The van der Waals surface area contributed by atoms with E-state index in [1.807, 2.05) is 6.07 Å². The van der Waals surface area contributed by atoms with Gasteiger partial charge in [0.05, 0.1) is 39.3 Å². The number of aromatic amines is 1. The summed E-state index contributed by atoms with van der Waals surface area (Å²) in [7, 11) is 4.52. The molecular formula is C14H14N2O4. The molecule has 0 aliphatic heterocycles. The number of aromatic nitrogens is 1. The van der Waals surface area contributed by atoms with E-state index in [9.17, 15) is 4.79 Å². The number of hydrogen-bond acceptors (Lipinski definition) is 5. The molecule has 0 atom stereocenters. The minimum atomic E-state index is -0.298. The van der Waals surface area contributed by atoms with Crippen molar-refractivity contribution in [3.05, 3.63) is 28.0 Å². The predicted octanol–water partition coefficient (Wildman–Crippen LogP) is 1.62. The van der Waals surface area contributed by atoms with Crippen molar-refractivity contribution in [2.24, 2.45) is 0 Å². The highest BCUT2D eigenvalue weighted by atomic mass is 16.5. The molecule has 1 aromatic heterocycles. The van der Waals surface area contributed by atoms with Gasteiger partial charge in [-0.05, 0) is 6.07 Å². The number of methoxy groups -OCH3 is 3. The number of nitriles is 1. The van der Waals surface area contributed by atoms with Crippen molar-refractivity contribution in [3.8, 4) is 23.3 Å². The van der Waals surface area contributed by atoms with E-state index in [4.69, 9.17) is 19.5 Å². The normalized spacial score (nSPS) is 10.1. The van der Waals surface area contributed by atoms with E-state index < -0.39 is 0 Å². The van der Waals surface area contributed by atoms with Crippen LogP contribution in [-0.2, 0) is 6.42 Å². The van der Waals surface area contributed by atoms with E-state index in [2.05, 4.69) is 4.98 Å². The van der Waals surface area contributed by atoms with E-state index in [0.29, 0.717) is 33.7 Å². The maximum Gasteiger partial charge on any atom is 0.252 e. The Hall–Kier alpha value is -2.68. The van der Waals surface area contributed by atoms with Crippen molar-refractivity contribution in [2.45, 2.75) is 6.42 Å². The van der Waals surface area contributed by atoms with Gasteiger partial charge < -0.3 is 19.2 Å². The SMILES string of the molecule is COc1cc2[nH]c(=O)c(CC#N)cc2c(OC)c1OC. The van der Waals surface area contributed by atoms with Crippen LogP contribution in [0.3, 0.4) is 0 Å². The van der Waals surface area contributed by atoms with Crippen molar-refractivity contribution in [3.63, 3.8) is 0 Å². The molecule has 0 unspecified atom stereocenters. The molecule has 6 heteroatoms. The lowest BCUT2D eigenvalue weighted by molar-refractivity contribution is 0.327. The van der Waals surface area contributed by atoms with Crippen LogP contribution in [0.25, 0.3) is 10.9 Å². The quantitative estimate of drug-likeness (QED) is 0.915. The molecule has 0 bridgehead atoms. The molecule has 0 fully saturated rings. The van der Waals surface area contributed by atoms with Crippen molar-refractivity contribution >= 4 is 10.9 Å². The summed E-state index contributed by atoms with van der Waals surface area (Å²) in [6.07, 6.45) is 0.0305. The first-order chi connectivity index (χ1) is 9.65. The summed E-state index contributed by atoms with van der Waals surface area (Å²) >= 11 is 0. The Labute approximate surface area is 115 Å². The summed E-state index contributed by atoms with van der Waals surface area (Å²) in [4.78, 5) is 14.6. The van der Waals surface area contributed by atoms with Crippen LogP contribution in [0, 0.1) is 11.3 Å². The van der Waals surface area contributed by atoms with Gasteiger partial charge in [-0.15, -0.1) is 0 Å². The summed E-state index contributed by atoms with van der Waals surface area (Å²) in [6.45, 7) is 0. The van der Waals surface area contributed by atoms with Crippen molar-refractivity contribution < 1.29 is 14.2 Å². The second-order valence-electron chi connectivity index (χ2n) is 4.07. The first kappa shape index (κ1) is 13.7. The second kappa shape index (κ2) is 5.53. The number of hydrogen-bond donors (Lipinski definition) is 1. The van der Waals surface area contributed by atoms with Gasteiger partial charge in [0.25, 0.3) is 5.56 Å². The second-order valence-corrected chi connectivity index (χ2v) is 4.07. The van der Waals surface area contributed by atoms with Crippen molar-refractivity contribution in [1.29, 1.82) is 5.26 Å². The zero-order chi connectivity index (χ0) is 14.7. The average molecular weight is 274 g/mol. The van der Waals surface area contributed by atoms with E-state index in [1.54, 1.807) is 12.1 Å². The van der Waals surface area contributed by atoms with Gasteiger partial charge in [0.15, 0.2) is 11.5 Å². The fourth-order valence-electron chi connectivity index (χ4n) is 2.08. The molecule has 2 rings (SSSR count). The zero-order valence-corrected chi connectivity index (χ0v) is 11.4.